The van der Waals surface area contributed by atoms with E-state index in [9.17, 15) is 0 Å². The van der Waals surface area contributed by atoms with Crippen molar-refractivity contribution in [1.82, 2.24) is 0 Å². The molecule has 2 nitrogen and oxygen atoms in total. The molecule has 0 unspecified atom stereocenters. The lowest BCUT2D eigenvalue weighted by Crippen LogP contribution is -2.14. The summed E-state index contributed by atoms with van der Waals surface area (Å²) in [4.78, 5) is 4.90. The summed E-state index contributed by atoms with van der Waals surface area (Å²) < 4.78 is 6.03. The van der Waals surface area contributed by atoms with Crippen LogP contribution in [0, 0.1) is 5.92 Å². The summed E-state index contributed by atoms with van der Waals surface area (Å²) in [5, 5.41) is 4.11. The molecule has 0 radical (unpaired) electrons. The maximum atomic E-state index is 6.03. The first-order valence-electron chi connectivity index (χ1n) is 9.25. The second kappa shape index (κ2) is 7.60. The van der Waals surface area contributed by atoms with Gasteiger partial charge in [-0.25, -0.2) is 4.99 Å². The van der Waals surface area contributed by atoms with Crippen LogP contribution in [0.1, 0.15) is 20.3 Å². The molecular weight excluding hydrogens is 337 g/mol. The first kappa shape index (κ1) is 17.2. The van der Waals surface area contributed by atoms with Gasteiger partial charge in [0.2, 0.25) is 5.90 Å². The highest BCUT2D eigenvalue weighted by Gasteiger charge is 2.30. The van der Waals surface area contributed by atoms with Crippen molar-refractivity contribution in [2.45, 2.75) is 26.3 Å². The van der Waals surface area contributed by atoms with Gasteiger partial charge in [-0.2, -0.15) is 0 Å². The summed E-state index contributed by atoms with van der Waals surface area (Å²) in [6, 6.07) is 21.9. The summed E-state index contributed by atoms with van der Waals surface area (Å²) in [7, 11) is -0.605. The Morgan fingerprint density at radius 1 is 0.962 bits per heavy atom. The van der Waals surface area contributed by atoms with Gasteiger partial charge in [0.15, 0.2) is 0 Å². The molecule has 0 bridgehead atoms. The van der Waals surface area contributed by atoms with Crippen molar-refractivity contribution in [2.24, 2.45) is 10.9 Å². The minimum absolute atomic E-state index is 0.277. The number of ether oxygens (including phenoxy) is 1. The summed E-state index contributed by atoms with van der Waals surface area (Å²) in [5.41, 5.74) is 1.27. The third-order valence-corrected chi connectivity index (χ3v) is 7.41. The maximum Gasteiger partial charge on any atom is 0.213 e. The lowest BCUT2D eigenvalue weighted by Gasteiger charge is -2.21. The summed E-state index contributed by atoms with van der Waals surface area (Å²) in [6.45, 7) is 5.13. The fourth-order valence-electron chi connectivity index (χ4n) is 3.38. The SMILES string of the molecule is CC(C)[C@@H]1COC(C2=C(P(c3ccccc3)c3ccccc3)C=CC2)=N1. The van der Waals surface area contributed by atoms with Crippen molar-refractivity contribution in [1.29, 1.82) is 0 Å². The second-order valence-electron chi connectivity index (χ2n) is 7.03. The fraction of sp³-hybridized carbons (Fsp3) is 0.261. The van der Waals surface area contributed by atoms with Gasteiger partial charge < -0.3 is 4.74 Å². The van der Waals surface area contributed by atoms with E-state index in [1.165, 1.54) is 21.5 Å². The molecule has 2 aliphatic rings. The Hall–Kier alpha value is -2.18. The molecule has 0 amide bonds. The predicted octanol–water partition coefficient (Wildman–Crippen LogP) is 4.79. The van der Waals surface area contributed by atoms with E-state index in [4.69, 9.17) is 9.73 Å². The van der Waals surface area contributed by atoms with Crippen molar-refractivity contribution in [3.63, 3.8) is 0 Å². The van der Waals surface area contributed by atoms with Crippen molar-refractivity contribution >= 4 is 24.4 Å². The molecule has 3 heteroatoms. The smallest absolute Gasteiger partial charge is 0.213 e. The van der Waals surface area contributed by atoms with Gasteiger partial charge in [0, 0.05) is 5.57 Å². The quantitative estimate of drug-likeness (QED) is 0.702. The van der Waals surface area contributed by atoms with Crippen molar-refractivity contribution in [2.75, 3.05) is 6.61 Å². The van der Waals surface area contributed by atoms with E-state index in [-0.39, 0.29) is 6.04 Å². The Morgan fingerprint density at radius 3 is 2.12 bits per heavy atom. The first-order valence-corrected chi connectivity index (χ1v) is 10.6. The van der Waals surface area contributed by atoms with E-state index in [1.54, 1.807) is 0 Å². The molecule has 1 aliphatic carbocycles. The standard InChI is InChI=1S/C23H24NOP/c1-17(2)21-16-25-23(24-21)20-14-9-15-22(20)26(18-10-5-3-6-11-18)19-12-7-4-8-13-19/h3-13,15,17,21H,14,16H2,1-2H3/t21-/m0/s1. The Bertz CT molecular complexity index is 813. The van der Waals surface area contributed by atoms with Gasteiger partial charge >= 0.3 is 0 Å². The number of rotatable bonds is 5. The average Bonchev–Trinajstić information content (AvgIpc) is 3.33. The Kier molecular flexibility index (Phi) is 5.04. The topological polar surface area (TPSA) is 21.6 Å². The van der Waals surface area contributed by atoms with Crippen molar-refractivity contribution in [3.8, 4) is 0 Å². The Balaban J connectivity index is 1.80. The second-order valence-corrected chi connectivity index (χ2v) is 9.22. The molecule has 2 aromatic rings. The lowest BCUT2D eigenvalue weighted by atomic mass is 10.1. The molecule has 1 heterocycles. The average molecular weight is 361 g/mol. The van der Waals surface area contributed by atoms with Gasteiger partial charge in [-0.15, -0.1) is 0 Å². The molecular formula is C23H24NOP. The fourth-order valence-corrected chi connectivity index (χ4v) is 5.88. The molecule has 26 heavy (non-hydrogen) atoms. The van der Waals surface area contributed by atoms with Crippen LogP contribution in [0.2, 0.25) is 0 Å². The number of allylic oxidation sites excluding steroid dienone is 3. The van der Waals surface area contributed by atoms with Crippen LogP contribution in [0.25, 0.3) is 0 Å². The van der Waals surface area contributed by atoms with Crippen LogP contribution >= 0.6 is 7.92 Å². The molecule has 2 aromatic carbocycles. The van der Waals surface area contributed by atoms with Crippen LogP contribution in [0.5, 0.6) is 0 Å². The van der Waals surface area contributed by atoms with Crippen molar-refractivity contribution in [3.05, 3.63) is 83.7 Å². The van der Waals surface area contributed by atoms with Crippen LogP contribution in [0.4, 0.5) is 0 Å². The zero-order chi connectivity index (χ0) is 17.9. The summed E-state index contributed by atoms with van der Waals surface area (Å²) in [6.07, 6.45) is 5.45. The molecule has 0 N–H and O–H groups in total. The minimum Gasteiger partial charge on any atom is -0.475 e. The van der Waals surface area contributed by atoms with Crippen LogP contribution in [-0.4, -0.2) is 18.5 Å². The van der Waals surface area contributed by atoms with E-state index >= 15 is 0 Å². The largest absolute Gasteiger partial charge is 0.475 e. The number of hydrogen-bond acceptors (Lipinski definition) is 2. The van der Waals surface area contributed by atoms with Gasteiger partial charge in [-0.05, 0) is 36.2 Å². The third kappa shape index (κ3) is 3.39. The molecule has 0 saturated carbocycles. The monoisotopic (exact) mass is 361 g/mol. The molecule has 0 spiro atoms. The Labute approximate surface area is 157 Å². The van der Waals surface area contributed by atoms with E-state index in [2.05, 4.69) is 86.7 Å². The predicted molar refractivity (Wildman–Crippen MR) is 112 cm³/mol. The first-order chi connectivity index (χ1) is 12.7. The van der Waals surface area contributed by atoms with E-state index in [0.717, 1.165) is 12.3 Å². The lowest BCUT2D eigenvalue weighted by molar-refractivity contribution is 0.291. The van der Waals surface area contributed by atoms with Gasteiger partial charge in [-0.3, -0.25) is 0 Å². The van der Waals surface area contributed by atoms with E-state index in [1.807, 2.05) is 0 Å². The summed E-state index contributed by atoms with van der Waals surface area (Å²) in [5.74, 6) is 1.37. The van der Waals surface area contributed by atoms with Gasteiger partial charge in [0.25, 0.3) is 0 Å². The molecule has 0 aromatic heterocycles. The van der Waals surface area contributed by atoms with Gasteiger partial charge in [0.1, 0.15) is 6.61 Å². The highest BCUT2D eigenvalue weighted by molar-refractivity contribution is 7.77. The molecule has 4 rings (SSSR count). The number of benzene rings is 2. The Morgan fingerprint density at radius 2 is 1.58 bits per heavy atom. The molecule has 1 atom stereocenters. The van der Waals surface area contributed by atoms with Crippen molar-refractivity contribution < 1.29 is 4.74 Å². The van der Waals surface area contributed by atoms with E-state index < -0.39 is 7.92 Å². The van der Waals surface area contributed by atoms with E-state index in [0.29, 0.717) is 12.5 Å². The van der Waals surface area contributed by atoms with Crippen LogP contribution < -0.4 is 10.6 Å². The zero-order valence-electron chi connectivity index (χ0n) is 15.3. The molecule has 0 saturated heterocycles. The number of nitrogens with zero attached hydrogens (tertiary/aromatic N) is 1. The molecule has 1 aliphatic heterocycles. The number of aliphatic imine (C=N–C) groups is 1. The van der Waals surface area contributed by atoms with Gasteiger partial charge in [-0.1, -0.05) is 86.7 Å². The van der Waals surface area contributed by atoms with Crippen LogP contribution in [0.15, 0.2) is 88.7 Å². The van der Waals surface area contributed by atoms with Gasteiger partial charge in [0.05, 0.1) is 6.04 Å². The molecule has 132 valence electrons. The zero-order valence-corrected chi connectivity index (χ0v) is 16.2. The highest BCUT2D eigenvalue weighted by Crippen LogP contribution is 2.48. The normalized spacial score (nSPS) is 19.4. The third-order valence-electron chi connectivity index (χ3n) is 4.88. The van der Waals surface area contributed by atoms with Crippen LogP contribution in [-0.2, 0) is 4.74 Å². The maximum absolute atomic E-state index is 6.03. The highest BCUT2D eigenvalue weighted by atomic mass is 31.1. The minimum atomic E-state index is -0.605. The van der Waals surface area contributed by atoms with Crippen LogP contribution in [0.3, 0.4) is 0 Å². The summed E-state index contributed by atoms with van der Waals surface area (Å²) >= 11 is 0. The molecule has 0 fully saturated rings. The number of hydrogen-bond donors (Lipinski definition) is 0.